The number of aryl methyl sites for hydroxylation is 2. The molecule has 0 aromatic heterocycles. The summed E-state index contributed by atoms with van der Waals surface area (Å²) < 4.78 is 1.18. The topological polar surface area (TPSA) is 79.3 Å². The van der Waals surface area contributed by atoms with Crippen molar-refractivity contribution in [1.29, 1.82) is 0 Å². The molecule has 1 aliphatic heterocycles. The lowest BCUT2D eigenvalue weighted by atomic mass is 10.2. The first-order valence-electron chi connectivity index (χ1n) is 11.6. The van der Waals surface area contributed by atoms with Crippen molar-refractivity contribution in [3.63, 3.8) is 0 Å². The van der Waals surface area contributed by atoms with E-state index in [1.807, 2.05) is 12.1 Å². The Morgan fingerprint density at radius 3 is 1.87 bits per heavy atom. The molecule has 0 bridgehead atoms. The molecule has 31 heavy (non-hydrogen) atoms. The summed E-state index contributed by atoms with van der Waals surface area (Å²) in [6.45, 7) is 13.4. The smallest absolute Gasteiger partial charge is 0.0914 e. The lowest BCUT2D eigenvalue weighted by Crippen LogP contribution is -2.57. The molecule has 1 heterocycles. The number of nitrogens with one attached hydrogen (secondary N) is 2. The SMILES string of the molecule is Cc1cc(NCCCN2CC[N+](C)(CCCNc3ccc(N)c(C)c3)CC2)ccc1N. The molecule has 0 atom stereocenters. The van der Waals surface area contributed by atoms with Gasteiger partial charge in [0.25, 0.3) is 0 Å². The Balaban J connectivity index is 1.29. The van der Waals surface area contributed by atoms with Gasteiger partial charge in [0.15, 0.2) is 0 Å². The van der Waals surface area contributed by atoms with Crippen LogP contribution in [-0.2, 0) is 0 Å². The van der Waals surface area contributed by atoms with Gasteiger partial charge in [-0.2, -0.15) is 0 Å². The van der Waals surface area contributed by atoms with Gasteiger partial charge in [-0.05, 0) is 67.8 Å². The van der Waals surface area contributed by atoms with Crippen molar-refractivity contribution in [3.05, 3.63) is 47.5 Å². The molecule has 6 N–H and O–H groups in total. The predicted molar refractivity (Wildman–Crippen MR) is 135 cm³/mol. The number of hydrogen-bond donors (Lipinski definition) is 4. The van der Waals surface area contributed by atoms with E-state index in [4.69, 9.17) is 11.5 Å². The second kappa shape index (κ2) is 10.7. The van der Waals surface area contributed by atoms with E-state index in [0.29, 0.717) is 0 Å². The Morgan fingerprint density at radius 1 is 0.839 bits per heavy atom. The molecule has 0 saturated carbocycles. The van der Waals surface area contributed by atoms with E-state index in [2.05, 4.69) is 60.7 Å². The Morgan fingerprint density at radius 2 is 1.35 bits per heavy atom. The Labute approximate surface area is 188 Å². The number of nitrogen functional groups attached to an aromatic ring is 2. The van der Waals surface area contributed by atoms with Gasteiger partial charge in [0.2, 0.25) is 0 Å². The van der Waals surface area contributed by atoms with Crippen LogP contribution in [0.25, 0.3) is 0 Å². The molecule has 1 saturated heterocycles. The van der Waals surface area contributed by atoms with E-state index in [9.17, 15) is 0 Å². The van der Waals surface area contributed by atoms with Gasteiger partial charge >= 0.3 is 0 Å². The lowest BCUT2D eigenvalue weighted by molar-refractivity contribution is -0.913. The van der Waals surface area contributed by atoms with Crippen LogP contribution in [0.2, 0.25) is 0 Å². The Bertz CT molecular complexity index is 842. The summed E-state index contributed by atoms with van der Waals surface area (Å²) in [4.78, 5) is 2.62. The minimum atomic E-state index is 0.858. The molecule has 0 spiro atoms. The second-order valence-corrected chi connectivity index (χ2v) is 9.34. The molecule has 1 aliphatic rings. The maximum atomic E-state index is 5.90. The van der Waals surface area contributed by atoms with Crippen LogP contribution >= 0.6 is 0 Å². The van der Waals surface area contributed by atoms with Crippen molar-refractivity contribution in [3.8, 4) is 0 Å². The van der Waals surface area contributed by atoms with Crippen LogP contribution in [0.3, 0.4) is 0 Å². The standard InChI is InChI=1S/C25H41N6/c1-20-18-22(6-8-24(20)26)28-10-4-12-30-13-16-31(3,17-14-30)15-5-11-29-23-7-9-25(27)21(2)19-23/h6-9,18-19,28-29H,4-5,10-17,26-27H2,1-3H3/q+1. The van der Waals surface area contributed by atoms with Crippen molar-refractivity contribution in [1.82, 2.24) is 4.90 Å². The second-order valence-electron chi connectivity index (χ2n) is 9.34. The summed E-state index contributed by atoms with van der Waals surface area (Å²) in [5.74, 6) is 0. The fourth-order valence-corrected chi connectivity index (χ4v) is 4.24. The highest BCUT2D eigenvalue weighted by Crippen LogP contribution is 2.18. The van der Waals surface area contributed by atoms with E-state index in [0.717, 1.165) is 47.7 Å². The fourth-order valence-electron chi connectivity index (χ4n) is 4.24. The van der Waals surface area contributed by atoms with E-state index in [1.54, 1.807) is 0 Å². The van der Waals surface area contributed by atoms with E-state index < -0.39 is 0 Å². The minimum absolute atomic E-state index is 0.858. The van der Waals surface area contributed by atoms with Gasteiger partial charge in [0, 0.05) is 61.9 Å². The van der Waals surface area contributed by atoms with Crippen LogP contribution in [0.5, 0.6) is 0 Å². The van der Waals surface area contributed by atoms with Gasteiger partial charge in [0.1, 0.15) is 0 Å². The molecule has 0 amide bonds. The molecule has 6 nitrogen and oxygen atoms in total. The Kier molecular flexibility index (Phi) is 8.04. The van der Waals surface area contributed by atoms with Gasteiger partial charge in [-0.3, -0.25) is 4.90 Å². The first kappa shape index (κ1) is 23.2. The maximum absolute atomic E-state index is 5.90. The first-order chi connectivity index (χ1) is 14.8. The molecule has 170 valence electrons. The maximum Gasteiger partial charge on any atom is 0.0914 e. The van der Waals surface area contributed by atoms with E-state index in [-0.39, 0.29) is 0 Å². The van der Waals surface area contributed by atoms with Crippen molar-refractivity contribution in [2.45, 2.75) is 26.7 Å². The summed E-state index contributed by atoms with van der Waals surface area (Å²) in [5, 5.41) is 7.07. The number of benzene rings is 2. The number of rotatable bonds is 10. The van der Waals surface area contributed by atoms with Crippen LogP contribution in [0.15, 0.2) is 36.4 Å². The van der Waals surface area contributed by atoms with Crippen molar-refractivity contribution < 1.29 is 4.48 Å². The molecule has 0 aliphatic carbocycles. The third kappa shape index (κ3) is 7.04. The molecule has 6 heteroatoms. The van der Waals surface area contributed by atoms with Crippen LogP contribution in [0.1, 0.15) is 24.0 Å². The summed E-state index contributed by atoms with van der Waals surface area (Å²) in [6, 6.07) is 12.4. The number of anilines is 4. The van der Waals surface area contributed by atoms with Gasteiger partial charge in [0.05, 0.1) is 26.7 Å². The zero-order chi connectivity index (χ0) is 22.3. The molecule has 0 radical (unpaired) electrons. The first-order valence-corrected chi connectivity index (χ1v) is 11.6. The van der Waals surface area contributed by atoms with Crippen molar-refractivity contribution >= 4 is 22.7 Å². The average molecular weight is 426 g/mol. The zero-order valence-electron chi connectivity index (χ0n) is 19.6. The monoisotopic (exact) mass is 425 g/mol. The number of quaternary nitrogens is 1. The minimum Gasteiger partial charge on any atom is -0.399 e. The van der Waals surface area contributed by atoms with Gasteiger partial charge in [-0.25, -0.2) is 0 Å². The lowest BCUT2D eigenvalue weighted by Gasteiger charge is -2.42. The van der Waals surface area contributed by atoms with Gasteiger partial charge < -0.3 is 26.6 Å². The van der Waals surface area contributed by atoms with Crippen molar-refractivity contribution in [2.24, 2.45) is 0 Å². The summed E-state index contributed by atoms with van der Waals surface area (Å²) >= 11 is 0. The Hall–Kier alpha value is -2.44. The molecule has 2 aromatic carbocycles. The number of nitrogens with zero attached hydrogens (tertiary/aromatic N) is 2. The summed E-state index contributed by atoms with van der Waals surface area (Å²) in [6.07, 6.45) is 2.35. The normalized spacial score (nSPS) is 16.2. The molecular weight excluding hydrogens is 384 g/mol. The van der Waals surface area contributed by atoms with Crippen molar-refractivity contribution in [2.75, 3.05) is 81.5 Å². The van der Waals surface area contributed by atoms with E-state index in [1.165, 1.54) is 55.9 Å². The van der Waals surface area contributed by atoms with Crippen LogP contribution in [-0.4, -0.2) is 68.8 Å². The van der Waals surface area contributed by atoms with Gasteiger partial charge in [-0.1, -0.05) is 0 Å². The van der Waals surface area contributed by atoms with Crippen LogP contribution in [0.4, 0.5) is 22.7 Å². The average Bonchev–Trinajstić information content (AvgIpc) is 2.75. The zero-order valence-corrected chi connectivity index (χ0v) is 19.6. The quantitative estimate of drug-likeness (QED) is 0.266. The number of piperazine rings is 1. The molecule has 1 fully saturated rings. The van der Waals surface area contributed by atoms with Crippen LogP contribution in [0, 0.1) is 13.8 Å². The highest BCUT2D eigenvalue weighted by Gasteiger charge is 2.27. The highest BCUT2D eigenvalue weighted by molar-refractivity contribution is 5.57. The third-order valence-electron chi connectivity index (χ3n) is 6.64. The third-order valence-corrected chi connectivity index (χ3v) is 6.64. The largest absolute Gasteiger partial charge is 0.399 e. The molecule has 0 unspecified atom stereocenters. The molecular formula is C25H41N6+. The molecule has 3 rings (SSSR count). The van der Waals surface area contributed by atoms with E-state index >= 15 is 0 Å². The fraction of sp³-hybridized carbons (Fsp3) is 0.520. The summed E-state index contributed by atoms with van der Waals surface area (Å²) in [5.41, 5.74) is 18.1. The van der Waals surface area contributed by atoms with Crippen LogP contribution < -0.4 is 22.1 Å². The number of nitrogens with two attached hydrogens (primary N) is 2. The highest BCUT2D eigenvalue weighted by atomic mass is 15.4. The predicted octanol–water partition coefficient (Wildman–Crippen LogP) is 3.53. The van der Waals surface area contributed by atoms with Gasteiger partial charge in [-0.15, -0.1) is 0 Å². The molecule has 2 aromatic rings. The summed E-state index contributed by atoms with van der Waals surface area (Å²) in [7, 11) is 2.41. The number of hydrogen-bond acceptors (Lipinski definition) is 5. The number of likely N-dealkylation sites (N-methyl/N-ethyl adjacent to an activating group) is 1.